The summed E-state index contributed by atoms with van der Waals surface area (Å²) >= 11 is 1.38. The molecule has 0 radical (unpaired) electrons. The summed E-state index contributed by atoms with van der Waals surface area (Å²) in [5.74, 6) is -1.60. The number of aryl methyl sites for hydroxylation is 1. The quantitative estimate of drug-likeness (QED) is 0.810. The number of hydrogen-bond acceptors (Lipinski definition) is 4. The van der Waals surface area contributed by atoms with Crippen molar-refractivity contribution in [3.63, 3.8) is 0 Å². The van der Waals surface area contributed by atoms with Crippen LogP contribution in [0, 0.1) is 12.8 Å². The summed E-state index contributed by atoms with van der Waals surface area (Å²) in [4.78, 5) is 27.0. The number of carboxylic acid groups (broad SMARTS) is 1. The van der Waals surface area contributed by atoms with Crippen LogP contribution in [0.25, 0.3) is 10.2 Å². The van der Waals surface area contributed by atoms with E-state index in [0.717, 1.165) is 15.8 Å². The van der Waals surface area contributed by atoms with Gasteiger partial charge in [0.15, 0.2) is 5.13 Å². The van der Waals surface area contributed by atoms with E-state index in [9.17, 15) is 9.59 Å². The summed E-state index contributed by atoms with van der Waals surface area (Å²) in [6.07, 6.45) is 0. The zero-order valence-electron chi connectivity index (χ0n) is 12.0. The number of urea groups is 1. The van der Waals surface area contributed by atoms with E-state index in [2.05, 4.69) is 15.6 Å². The second-order valence-corrected chi connectivity index (χ2v) is 6.03. The van der Waals surface area contributed by atoms with Crippen molar-refractivity contribution in [3.05, 3.63) is 23.8 Å². The molecule has 0 aliphatic carbocycles. The van der Waals surface area contributed by atoms with E-state index in [1.807, 2.05) is 25.1 Å². The molecule has 21 heavy (non-hydrogen) atoms. The van der Waals surface area contributed by atoms with Gasteiger partial charge in [0.05, 0.1) is 16.1 Å². The molecule has 2 aromatic rings. The number of fused-ring (bicyclic) bond motifs is 1. The summed E-state index contributed by atoms with van der Waals surface area (Å²) < 4.78 is 0.997. The van der Waals surface area contributed by atoms with Crippen LogP contribution in [-0.4, -0.2) is 28.1 Å². The van der Waals surface area contributed by atoms with Crippen LogP contribution in [0.5, 0.6) is 0 Å². The molecule has 0 saturated heterocycles. The van der Waals surface area contributed by atoms with Crippen molar-refractivity contribution in [2.75, 3.05) is 5.32 Å². The minimum absolute atomic E-state index is 0.452. The Morgan fingerprint density at radius 1 is 1.33 bits per heavy atom. The summed E-state index contributed by atoms with van der Waals surface area (Å²) in [7, 11) is 0. The van der Waals surface area contributed by atoms with Crippen molar-refractivity contribution in [3.8, 4) is 0 Å². The van der Waals surface area contributed by atoms with Gasteiger partial charge in [0.1, 0.15) is 0 Å². The predicted molar refractivity (Wildman–Crippen MR) is 82.8 cm³/mol. The van der Waals surface area contributed by atoms with Crippen LogP contribution in [0.3, 0.4) is 0 Å². The molecule has 0 fully saturated rings. The van der Waals surface area contributed by atoms with Crippen molar-refractivity contribution in [1.29, 1.82) is 0 Å². The van der Waals surface area contributed by atoms with Crippen LogP contribution in [0.2, 0.25) is 0 Å². The van der Waals surface area contributed by atoms with Gasteiger partial charge in [-0.25, -0.2) is 9.78 Å². The lowest BCUT2D eigenvalue weighted by atomic mass is 10.0. The third-order valence-corrected chi connectivity index (χ3v) is 4.20. The number of aromatic nitrogens is 1. The molecule has 1 aromatic carbocycles. The number of carboxylic acids is 1. The molecule has 0 spiro atoms. The molecule has 0 bridgehead atoms. The van der Waals surface area contributed by atoms with Gasteiger partial charge in [-0.2, -0.15) is 0 Å². The molecule has 0 aliphatic rings. The van der Waals surface area contributed by atoms with Crippen LogP contribution >= 0.6 is 11.3 Å². The minimum atomic E-state index is -0.946. The van der Waals surface area contributed by atoms with Crippen LogP contribution in [0.4, 0.5) is 9.93 Å². The maximum absolute atomic E-state index is 11.8. The Morgan fingerprint density at radius 2 is 2.05 bits per heavy atom. The first kappa shape index (κ1) is 15.2. The molecular weight excluding hydrogens is 290 g/mol. The average molecular weight is 307 g/mol. The van der Waals surface area contributed by atoms with Gasteiger partial charge in [-0.1, -0.05) is 17.4 Å². The normalized spacial score (nSPS) is 13.7. The topological polar surface area (TPSA) is 91.3 Å². The zero-order valence-corrected chi connectivity index (χ0v) is 12.8. The number of aliphatic carboxylic acids is 1. The Morgan fingerprint density at radius 3 is 2.71 bits per heavy atom. The van der Waals surface area contributed by atoms with E-state index >= 15 is 0 Å². The molecule has 0 aliphatic heterocycles. The molecule has 2 atom stereocenters. The minimum Gasteiger partial charge on any atom is -0.481 e. The Bertz CT molecular complexity index is 683. The van der Waals surface area contributed by atoms with Gasteiger partial charge in [0.25, 0.3) is 0 Å². The lowest BCUT2D eigenvalue weighted by Crippen LogP contribution is -2.42. The molecule has 1 heterocycles. The molecule has 2 unspecified atom stereocenters. The fourth-order valence-corrected chi connectivity index (χ4v) is 2.72. The van der Waals surface area contributed by atoms with E-state index in [1.54, 1.807) is 13.8 Å². The van der Waals surface area contributed by atoms with Gasteiger partial charge in [-0.3, -0.25) is 10.1 Å². The number of rotatable bonds is 4. The smallest absolute Gasteiger partial charge is 0.321 e. The number of hydrogen-bond donors (Lipinski definition) is 3. The van der Waals surface area contributed by atoms with Gasteiger partial charge < -0.3 is 10.4 Å². The molecule has 112 valence electrons. The lowest BCUT2D eigenvalue weighted by molar-refractivity contribution is -0.141. The first-order valence-electron chi connectivity index (χ1n) is 6.54. The van der Waals surface area contributed by atoms with Gasteiger partial charge in [-0.15, -0.1) is 0 Å². The van der Waals surface area contributed by atoms with E-state index in [4.69, 9.17) is 5.11 Å². The molecule has 7 heteroatoms. The molecule has 0 saturated carbocycles. The number of amides is 2. The van der Waals surface area contributed by atoms with E-state index in [1.165, 1.54) is 11.3 Å². The molecule has 2 amide bonds. The monoisotopic (exact) mass is 307 g/mol. The van der Waals surface area contributed by atoms with Crippen LogP contribution < -0.4 is 10.6 Å². The molecular formula is C14H17N3O3S. The fraction of sp³-hybridized carbons (Fsp3) is 0.357. The van der Waals surface area contributed by atoms with Crippen molar-refractivity contribution < 1.29 is 14.7 Å². The third-order valence-electron chi connectivity index (χ3n) is 3.26. The highest BCUT2D eigenvalue weighted by molar-refractivity contribution is 7.22. The fourth-order valence-electron chi connectivity index (χ4n) is 1.76. The molecule has 1 aromatic heterocycles. The van der Waals surface area contributed by atoms with Crippen molar-refractivity contribution >= 4 is 38.7 Å². The second-order valence-electron chi connectivity index (χ2n) is 5.00. The summed E-state index contributed by atoms with van der Waals surface area (Å²) in [6, 6.07) is 4.94. The summed E-state index contributed by atoms with van der Waals surface area (Å²) in [6.45, 7) is 5.20. The Balaban J connectivity index is 2.02. The largest absolute Gasteiger partial charge is 0.481 e. The molecule has 3 N–H and O–H groups in total. The number of anilines is 1. The van der Waals surface area contributed by atoms with E-state index in [0.29, 0.717) is 5.13 Å². The van der Waals surface area contributed by atoms with Crippen molar-refractivity contribution in [2.24, 2.45) is 5.92 Å². The second kappa shape index (κ2) is 6.09. The number of thiazole rings is 1. The number of carbonyl (C=O) groups excluding carboxylic acids is 1. The van der Waals surface area contributed by atoms with Crippen molar-refractivity contribution in [2.45, 2.75) is 26.8 Å². The summed E-state index contributed by atoms with van der Waals surface area (Å²) in [5, 5.41) is 14.6. The first-order chi connectivity index (χ1) is 9.86. The zero-order chi connectivity index (χ0) is 15.6. The Labute approximate surface area is 126 Å². The predicted octanol–water partition coefficient (Wildman–Crippen LogP) is 2.84. The molecule has 2 rings (SSSR count). The average Bonchev–Trinajstić information content (AvgIpc) is 2.78. The van der Waals surface area contributed by atoms with Crippen molar-refractivity contribution in [1.82, 2.24) is 10.3 Å². The number of nitrogens with one attached hydrogen (secondary N) is 2. The van der Waals surface area contributed by atoms with Gasteiger partial charge in [0, 0.05) is 6.04 Å². The van der Waals surface area contributed by atoms with E-state index in [-0.39, 0.29) is 0 Å². The molecule has 6 nitrogen and oxygen atoms in total. The Hall–Kier alpha value is -2.15. The van der Waals surface area contributed by atoms with Gasteiger partial charge in [-0.05, 0) is 38.5 Å². The van der Waals surface area contributed by atoms with E-state index < -0.39 is 24.0 Å². The van der Waals surface area contributed by atoms with Crippen LogP contribution in [0.1, 0.15) is 19.4 Å². The number of benzene rings is 1. The highest BCUT2D eigenvalue weighted by Crippen LogP contribution is 2.26. The highest BCUT2D eigenvalue weighted by atomic mass is 32.1. The highest BCUT2D eigenvalue weighted by Gasteiger charge is 2.21. The third kappa shape index (κ3) is 3.69. The van der Waals surface area contributed by atoms with Gasteiger partial charge >= 0.3 is 12.0 Å². The number of nitrogens with zero attached hydrogens (tertiary/aromatic N) is 1. The summed E-state index contributed by atoms with van der Waals surface area (Å²) in [5.41, 5.74) is 1.96. The van der Waals surface area contributed by atoms with Gasteiger partial charge in [0.2, 0.25) is 0 Å². The number of carbonyl (C=O) groups is 2. The van der Waals surface area contributed by atoms with Crippen LogP contribution in [-0.2, 0) is 4.79 Å². The lowest BCUT2D eigenvalue weighted by Gasteiger charge is -2.17. The maximum Gasteiger partial charge on any atom is 0.321 e. The maximum atomic E-state index is 11.8. The SMILES string of the molecule is Cc1ccc2nc(NC(=O)NC(C)C(C)C(=O)O)sc2c1. The Kier molecular flexibility index (Phi) is 4.42. The standard InChI is InChI=1S/C14H17N3O3S/c1-7-4-5-10-11(6-7)21-14(16-10)17-13(20)15-9(3)8(2)12(18)19/h4-6,8-9H,1-3H3,(H,18,19)(H2,15,16,17,20). The first-order valence-corrected chi connectivity index (χ1v) is 7.36. The van der Waals surface area contributed by atoms with Crippen LogP contribution in [0.15, 0.2) is 18.2 Å².